The summed E-state index contributed by atoms with van der Waals surface area (Å²) in [6, 6.07) is 17.6. The number of rotatable bonds is 3. The number of sulfonamides is 1. The normalized spacial score (nSPS) is 17.7. The zero-order chi connectivity index (χ0) is 20.9. The van der Waals surface area contributed by atoms with Crippen LogP contribution in [0.1, 0.15) is 28.9 Å². The summed E-state index contributed by atoms with van der Waals surface area (Å²) in [4.78, 5) is 11.2. The van der Waals surface area contributed by atoms with E-state index in [9.17, 15) is 13.2 Å². The van der Waals surface area contributed by atoms with E-state index in [4.69, 9.17) is 5.11 Å². The van der Waals surface area contributed by atoms with Gasteiger partial charge in [-0.05, 0) is 61.4 Å². The van der Waals surface area contributed by atoms with E-state index in [2.05, 4.69) is 22.0 Å². The average Bonchev–Trinajstić information content (AvgIpc) is 3.26. The van der Waals surface area contributed by atoms with Crippen LogP contribution in [-0.4, -0.2) is 41.5 Å². The van der Waals surface area contributed by atoms with E-state index in [1.807, 2.05) is 30.5 Å². The van der Waals surface area contributed by atoms with Crippen molar-refractivity contribution in [3.8, 4) is 5.69 Å². The third kappa shape index (κ3) is 2.83. The van der Waals surface area contributed by atoms with Crippen molar-refractivity contribution in [2.24, 2.45) is 0 Å². The second-order valence-corrected chi connectivity index (χ2v) is 9.66. The van der Waals surface area contributed by atoms with E-state index in [1.54, 1.807) is 0 Å². The molecule has 3 aromatic rings. The number of aromatic nitrogens is 1. The first kappa shape index (κ1) is 18.9. The molecule has 1 aromatic heterocycles. The maximum atomic E-state index is 13.1. The van der Waals surface area contributed by atoms with Crippen LogP contribution in [0, 0.1) is 0 Å². The molecule has 5 rings (SSSR count). The molecule has 0 radical (unpaired) electrons. The zero-order valence-corrected chi connectivity index (χ0v) is 17.0. The quantitative estimate of drug-likeness (QED) is 0.675. The number of carboxylic acid groups (broad SMARTS) is 1. The van der Waals surface area contributed by atoms with Crippen LogP contribution in [0.25, 0.3) is 5.69 Å². The third-order valence-electron chi connectivity index (χ3n) is 6.09. The van der Waals surface area contributed by atoms with Crippen molar-refractivity contribution in [1.29, 1.82) is 0 Å². The van der Waals surface area contributed by atoms with Crippen molar-refractivity contribution in [3.63, 3.8) is 0 Å². The summed E-state index contributed by atoms with van der Waals surface area (Å²) in [5.74, 6) is -1.08. The number of nitrogens with one attached hydrogen (secondary N) is 1. The Balaban J connectivity index is 1.41. The molecule has 8 heteroatoms. The molecular weight excluding hydrogens is 402 g/mol. The van der Waals surface area contributed by atoms with E-state index >= 15 is 0 Å². The summed E-state index contributed by atoms with van der Waals surface area (Å²) in [6.45, 7) is 0.757. The van der Waals surface area contributed by atoms with Gasteiger partial charge < -0.3 is 15.0 Å². The monoisotopic (exact) mass is 423 g/mol. The van der Waals surface area contributed by atoms with Crippen molar-refractivity contribution < 1.29 is 18.3 Å². The fourth-order valence-corrected chi connectivity index (χ4v) is 5.94. The number of fused-ring (bicyclic) bond motifs is 4. The molecule has 1 saturated heterocycles. The molecule has 0 amide bonds. The molecule has 2 N–H and O–H groups in total. The number of carbonyl (C=O) groups is 1. The Kier molecular flexibility index (Phi) is 4.23. The van der Waals surface area contributed by atoms with Crippen LogP contribution in [0.4, 0.5) is 5.69 Å². The number of anilines is 1. The van der Waals surface area contributed by atoms with Gasteiger partial charge in [0.15, 0.2) is 0 Å². The minimum atomic E-state index is -3.68. The Bertz CT molecular complexity index is 1220. The maximum absolute atomic E-state index is 13.1. The highest BCUT2D eigenvalue weighted by Gasteiger charge is 2.43. The summed E-state index contributed by atoms with van der Waals surface area (Å²) < 4.78 is 29.8. The lowest BCUT2D eigenvalue weighted by atomic mass is 9.83. The van der Waals surface area contributed by atoms with E-state index in [0.29, 0.717) is 25.9 Å². The van der Waals surface area contributed by atoms with Crippen LogP contribution >= 0.6 is 0 Å². The third-order valence-corrected chi connectivity index (χ3v) is 8.00. The van der Waals surface area contributed by atoms with Gasteiger partial charge in [0.1, 0.15) is 0 Å². The van der Waals surface area contributed by atoms with E-state index in [0.717, 1.165) is 17.1 Å². The molecule has 7 nitrogen and oxygen atoms in total. The summed E-state index contributed by atoms with van der Waals surface area (Å²) in [5, 5.41) is 12.7. The molecule has 2 aliphatic rings. The molecule has 3 heterocycles. The van der Waals surface area contributed by atoms with Gasteiger partial charge in [-0.2, -0.15) is 4.31 Å². The summed E-state index contributed by atoms with van der Waals surface area (Å²) in [5.41, 5.74) is 3.02. The van der Waals surface area contributed by atoms with Crippen LogP contribution in [0.2, 0.25) is 0 Å². The summed E-state index contributed by atoms with van der Waals surface area (Å²) >= 11 is 0. The highest BCUT2D eigenvalue weighted by atomic mass is 32.2. The number of hydrogen-bond donors (Lipinski definition) is 2. The van der Waals surface area contributed by atoms with E-state index in [1.165, 1.54) is 28.6 Å². The van der Waals surface area contributed by atoms with Crippen molar-refractivity contribution >= 4 is 21.7 Å². The number of hydrogen-bond acceptors (Lipinski definition) is 4. The first-order valence-corrected chi connectivity index (χ1v) is 11.2. The van der Waals surface area contributed by atoms with Crippen LogP contribution in [-0.2, 0) is 15.6 Å². The largest absolute Gasteiger partial charge is 0.478 e. The van der Waals surface area contributed by atoms with Gasteiger partial charge in [0, 0.05) is 25.0 Å². The molecular formula is C22H21N3O4S. The fourth-order valence-electron chi connectivity index (χ4n) is 4.50. The summed E-state index contributed by atoms with van der Waals surface area (Å²) in [6.07, 6.45) is 3.32. The predicted octanol–water partition coefficient (Wildman–Crippen LogP) is 3.28. The minimum Gasteiger partial charge on any atom is -0.478 e. The number of piperidine rings is 1. The van der Waals surface area contributed by atoms with Crippen molar-refractivity contribution in [1.82, 2.24) is 8.87 Å². The molecule has 0 saturated carbocycles. The van der Waals surface area contributed by atoms with Gasteiger partial charge in [0.25, 0.3) is 0 Å². The molecule has 0 aliphatic carbocycles. The second kappa shape index (κ2) is 6.72. The van der Waals surface area contributed by atoms with Gasteiger partial charge in [0.05, 0.1) is 27.4 Å². The zero-order valence-electron chi connectivity index (χ0n) is 16.2. The molecule has 0 unspecified atom stereocenters. The molecule has 0 atom stereocenters. The topological polar surface area (TPSA) is 91.6 Å². The number of carboxylic acids is 1. The maximum Gasteiger partial charge on any atom is 0.335 e. The lowest BCUT2D eigenvalue weighted by Crippen LogP contribution is -2.50. The van der Waals surface area contributed by atoms with Crippen molar-refractivity contribution in [2.75, 3.05) is 18.4 Å². The van der Waals surface area contributed by atoms with Gasteiger partial charge in [-0.1, -0.05) is 12.1 Å². The number of benzene rings is 2. The van der Waals surface area contributed by atoms with Crippen LogP contribution < -0.4 is 5.32 Å². The Morgan fingerprint density at radius 3 is 2.37 bits per heavy atom. The highest BCUT2D eigenvalue weighted by Crippen LogP contribution is 2.43. The van der Waals surface area contributed by atoms with E-state index in [-0.39, 0.29) is 16.0 Å². The first-order valence-electron chi connectivity index (χ1n) is 9.80. The average molecular weight is 423 g/mol. The fraction of sp³-hybridized carbons (Fsp3) is 0.227. The Hall–Kier alpha value is -3.10. The lowest BCUT2D eigenvalue weighted by molar-refractivity contribution is 0.0696. The Labute approximate surface area is 174 Å². The SMILES string of the molecule is O=C(O)c1ccc(S(=O)(=O)N2CCC3(CC2)Nc2ccccc2-n2cccc23)cc1. The smallest absolute Gasteiger partial charge is 0.335 e. The van der Waals surface area contributed by atoms with Crippen LogP contribution in [0.15, 0.2) is 71.8 Å². The van der Waals surface area contributed by atoms with Crippen LogP contribution in [0.5, 0.6) is 0 Å². The lowest BCUT2D eigenvalue weighted by Gasteiger charge is -2.45. The van der Waals surface area contributed by atoms with Gasteiger partial charge >= 0.3 is 5.97 Å². The molecule has 2 aliphatic heterocycles. The van der Waals surface area contributed by atoms with Gasteiger partial charge in [-0.15, -0.1) is 0 Å². The second-order valence-electron chi connectivity index (χ2n) is 7.72. The Morgan fingerprint density at radius 1 is 0.967 bits per heavy atom. The van der Waals surface area contributed by atoms with Gasteiger partial charge in [0.2, 0.25) is 10.0 Å². The molecule has 0 bridgehead atoms. The standard InChI is InChI=1S/C22H21N3O4S/c26-21(27)16-7-9-17(10-8-16)30(28,29)24-14-11-22(12-15-24)20-6-3-13-25(20)19-5-2-1-4-18(19)23-22/h1-10,13,23H,11-12,14-15H2,(H,26,27). The first-order chi connectivity index (χ1) is 14.4. The molecule has 154 valence electrons. The van der Waals surface area contributed by atoms with E-state index < -0.39 is 16.0 Å². The molecule has 1 spiro atoms. The Morgan fingerprint density at radius 2 is 1.67 bits per heavy atom. The number of para-hydroxylation sites is 2. The van der Waals surface area contributed by atoms with Gasteiger partial charge in [-0.25, -0.2) is 13.2 Å². The number of aromatic carboxylic acids is 1. The van der Waals surface area contributed by atoms with Gasteiger partial charge in [-0.3, -0.25) is 0 Å². The molecule has 1 fully saturated rings. The number of nitrogens with zero attached hydrogens (tertiary/aromatic N) is 2. The molecule has 30 heavy (non-hydrogen) atoms. The highest BCUT2D eigenvalue weighted by molar-refractivity contribution is 7.89. The predicted molar refractivity (Wildman–Crippen MR) is 112 cm³/mol. The molecule has 2 aromatic carbocycles. The van der Waals surface area contributed by atoms with Crippen LogP contribution in [0.3, 0.4) is 0 Å². The van der Waals surface area contributed by atoms with Crippen molar-refractivity contribution in [2.45, 2.75) is 23.3 Å². The minimum absolute atomic E-state index is 0.0670. The summed E-state index contributed by atoms with van der Waals surface area (Å²) in [7, 11) is -3.68. The van der Waals surface area contributed by atoms with Crippen molar-refractivity contribution in [3.05, 3.63) is 78.1 Å².